The first-order chi connectivity index (χ1) is 8.31. The van der Waals surface area contributed by atoms with Crippen molar-refractivity contribution in [2.45, 2.75) is 31.7 Å². The Labute approximate surface area is 102 Å². The highest BCUT2D eigenvalue weighted by Gasteiger charge is 2.18. The highest BCUT2D eigenvalue weighted by molar-refractivity contribution is 5.69. The summed E-state index contributed by atoms with van der Waals surface area (Å²) in [7, 11) is 1.45. The molecule has 3 nitrogen and oxygen atoms in total. The Morgan fingerprint density at radius 2 is 2.29 bits per heavy atom. The Bertz CT molecular complexity index is 390. The summed E-state index contributed by atoms with van der Waals surface area (Å²) in [5, 5.41) is 3.42. The van der Waals surface area contributed by atoms with Gasteiger partial charge in [-0.25, -0.2) is 0 Å². The molecule has 2 rings (SSSR count). The maximum atomic E-state index is 11.2. The molecule has 0 aliphatic carbocycles. The van der Waals surface area contributed by atoms with Crippen LogP contribution in [0.3, 0.4) is 0 Å². The maximum absolute atomic E-state index is 11.2. The molecule has 0 amide bonds. The molecule has 17 heavy (non-hydrogen) atoms. The fraction of sp³-hybridized carbons (Fsp3) is 0.500. The third kappa shape index (κ3) is 3.07. The predicted octanol–water partition coefficient (Wildman–Crippen LogP) is 2.22. The highest BCUT2D eigenvalue weighted by atomic mass is 16.5. The first-order valence-corrected chi connectivity index (χ1v) is 6.16. The van der Waals surface area contributed by atoms with Crippen LogP contribution in [0.4, 0.5) is 0 Å². The van der Waals surface area contributed by atoms with Crippen LogP contribution < -0.4 is 5.32 Å². The normalized spacial score (nSPS) is 19.2. The summed E-state index contributed by atoms with van der Waals surface area (Å²) in [6.45, 7) is 1.95. The molecule has 0 saturated heterocycles. The minimum absolute atomic E-state index is 0.111. The number of hydrogen-bond donors (Lipinski definition) is 1. The second-order valence-electron chi connectivity index (χ2n) is 4.48. The zero-order valence-corrected chi connectivity index (χ0v) is 10.2. The molecule has 1 aromatic rings. The van der Waals surface area contributed by atoms with Crippen LogP contribution in [0.5, 0.6) is 0 Å². The average Bonchev–Trinajstić information content (AvgIpc) is 2.58. The zero-order chi connectivity index (χ0) is 12.1. The molecule has 92 valence electrons. The van der Waals surface area contributed by atoms with E-state index in [1.165, 1.54) is 18.2 Å². The number of methoxy groups -OCH3 is 1. The van der Waals surface area contributed by atoms with E-state index in [9.17, 15) is 4.79 Å². The van der Waals surface area contributed by atoms with Gasteiger partial charge in [-0.05, 0) is 36.4 Å². The molecule has 1 heterocycles. The molecular weight excluding hydrogens is 214 g/mol. The van der Waals surface area contributed by atoms with E-state index < -0.39 is 0 Å². The summed E-state index contributed by atoms with van der Waals surface area (Å²) in [5.74, 6) is 0.361. The summed E-state index contributed by atoms with van der Waals surface area (Å²) >= 11 is 0. The van der Waals surface area contributed by atoms with Crippen LogP contribution >= 0.6 is 0 Å². The van der Waals surface area contributed by atoms with Crippen molar-refractivity contribution in [3.8, 4) is 0 Å². The fourth-order valence-corrected chi connectivity index (χ4v) is 2.44. The van der Waals surface area contributed by atoms with Gasteiger partial charge in [-0.1, -0.05) is 24.3 Å². The summed E-state index contributed by atoms with van der Waals surface area (Å²) in [6.07, 6.45) is 2.48. The van der Waals surface area contributed by atoms with Crippen LogP contribution in [-0.2, 0) is 16.1 Å². The number of fused-ring (bicyclic) bond motifs is 1. The van der Waals surface area contributed by atoms with Crippen molar-refractivity contribution >= 4 is 5.97 Å². The van der Waals surface area contributed by atoms with E-state index in [4.69, 9.17) is 4.74 Å². The molecule has 1 aliphatic heterocycles. The van der Waals surface area contributed by atoms with Gasteiger partial charge in [0.05, 0.1) is 7.11 Å². The molecule has 3 heteroatoms. The SMILES string of the molecule is COC(=O)CCC1CCNCc2ccccc21. The number of carbonyl (C=O) groups is 1. The maximum Gasteiger partial charge on any atom is 0.305 e. The van der Waals surface area contributed by atoms with Crippen LogP contribution in [-0.4, -0.2) is 19.6 Å². The van der Waals surface area contributed by atoms with Crippen molar-refractivity contribution in [1.29, 1.82) is 0 Å². The van der Waals surface area contributed by atoms with Crippen molar-refractivity contribution in [1.82, 2.24) is 5.32 Å². The minimum atomic E-state index is -0.111. The van der Waals surface area contributed by atoms with Crippen molar-refractivity contribution < 1.29 is 9.53 Å². The van der Waals surface area contributed by atoms with E-state index in [0.29, 0.717) is 12.3 Å². The van der Waals surface area contributed by atoms with Gasteiger partial charge in [-0.15, -0.1) is 0 Å². The second kappa shape index (κ2) is 5.82. The molecular formula is C14H19NO2. The Kier molecular flexibility index (Phi) is 4.15. The number of benzene rings is 1. The minimum Gasteiger partial charge on any atom is -0.469 e. The van der Waals surface area contributed by atoms with Gasteiger partial charge in [-0.3, -0.25) is 4.79 Å². The molecule has 0 saturated carbocycles. The van der Waals surface area contributed by atoms with Crippen LogP contribution in [0.15, 0.2) is 24.3 Å². The van der Waals surface area contributed by atoms with Crippen molar-refractivity contribution in [3.63, 3.8) is 0 Å². The van der Waals surface area contributed by atoms with Crippen molar-refractivity contribution in [2.75, 3.05) is 13.7 Å². The standard InChI is InChI=1S/C14H19NO2/c1-17-14(16)7-6-11-8-9-15-10-12-4-2-3-5-13(11)12/h2-5,11,15H,6-10H2,1H3. The van der Waals surface area contributed by atoms with E-state index in [1.54, 1.807) is 0 Å². The third-order valence-electron chi connectivity index (χ3n) is 3.40. The summed E-state index contributed by atoms with van der Waals surface area (Å²) in [5.41, 5.74) is 2.75. The monoisotopic (exact) mass is 233 g/mol. The van der Waals surface area contributed by atoms with Crippen LogP contribution in [0, 0.1) is 0 Å². The van der Waals surface area contributed by atoms with Crippen molar-refractivity contribution in [2.24, 2.45) is 0 Å². The summed E-state index contributed by atoms with van der Waals surface area (Å²) in [4.78, 5) is 11.2. The van der Waals surface area contributed by atoms with E-state index >= 15 is 0 Å². The number of hydrogen-bond acceptors (Lipinski definition) is 3. The van der Waals surface area contributed by atoms with E-state index in [1.807, 2.05) is 0 Å². The number of ether oxygens (including phenoxy) is 1. The largest absolute Gasteiger partial charge is 0.469 e. The summed E-state index contributed by atoms with van der Waals surface area (Å²) in [6, 6.07) is 8.50. The van der Waals surface area contributed by atoms with Gasteiger partial charge in [0.2, 0.25) is 0 Å². The molecule has 0 fully saturated rings. The smallest absolute Gasteiger partial charge is 0.305 e. The average molecular weight is 233 g/mol. The number of nitrogens with one attached hydrogen (secondary N) is 1. The zero-order valence-electron chi connectivity index (χ0n) is 10.2. The molecule has 1 unspecified atom stereocenters. The molecule has 1 aliphatic rings. The lowest BCUT2D eigenvalue weighted by Crippen LogP contribution is -2.12. The lowest BCUT2D eigenvalue weighted by atomic mass is 9.89. The van der Waals surface area contributed by atoms with E-state index in [-0.39, 0.29) is 5.97 Å². The molecule has 1 N–H and O–H groups in total. The lowest BCUT2D eigenvalue weighted by Gasteiger charge is -2.16. The Morgan fingerprint density at radius 3 is 3.12 bits per heavy atom. The quantitative estimate of drug-likeness (QED) is 0.813. The van der Waals surface area contributed by atoms with E-state index in [0.717, 1.165) is 25.9 Å². The molecule has 0 aromatic heterocycles. The lowest BCUT2D eigenvalue weighted by molar-refractivity contribution is -0.140. The Morgan fingerprint density at radius 1 is 1.47 bits per heavy atom. The molecule has 0 spiro atoms. The van der Waals surface area contributed by atoms with Crippen LogP contribution in [0.2, 0.25) is 0 Å². The fourth-order valence-electron chi connectivity index (χ4n) is 2.44. The third-order valence-corrected chi connectivity index (χ3v) is 3.40. The summed E-state index contributed by atoms with van der Waals surface area (Å²) < 4.78 is 4.71. The van der Waals surface area contributed by atoms with Gasteiger partial charge >= 0.3 is 5.97 Å². The first-order valence-electron chi connectivity index (χ1n) is 6.16. The predicted molar refractivity (Wildman–Crippen MR) is 66.8 cm³/mol. The van der Waals surface area contributed by atoms with Crippen molar-refractivity contribution in [3.05, 3.63) is 35.4 Å². The van der Waals surface area contributed by atoms with Gasteiger partial charge in [-0.2, -0.15) is 0 Å². The molecule has 0 bridgehead atoms. The van der Waals surface area contributed by atoms with Gasteiger partial charge in [0, 0.05) is 13.0 Å². The van der Waals surface area contributed by atoms with Gasteiger partial charge < -0.3 is 10.1 Å². The van der Waals surface area contributed by atoms with Gasteiger partial charge in [0.15, 0.2) is 0 Å². The molecule has 0 radical (unpaired) electrons. The Balaban J connectivity index is 2.09. The van der Waals surface area contributed by atoms with Crippen LogP contribution in [0.25, 0.3) is 0 Å². The topological polar surface area (TPSA) is 38.3 Å². The number of rotatable bonds is 3. The highest BCUT2D eigenvalue weighted by Crippen LogP contribution is 2.29. The number of esters is 1. The van der Waals surface area contributed by atoms with Gasteiger partial charge in [0.1, 0.15) is 0 Å². The van der Waals surface area contributed by atoms with Crippen LogP contribution in [0.1, 0.15) is 36.3 Å². The molecule has 1 atom stereocenters. The molecule has 1 aromatic carbocycles. The number of carbonyl (C=O) groups excluding carboxylic acids is 1. The second-order valence-corrected chi connectivity index (χ2v) is 4.48. The first kappa shape index (κ1) is 12.1. The Hall–Kier alpha value is -1.35. The van der Waals surface area contributed by atoms with Gasteiger partial charge in [0.25, 0.3) is 0 Å². The van der Waals surface area contributed by atoms with E-state index in [2.05, 4.69) is 29.6 Å².